The van der Waals surface area contributed by atoms with Gasteiger partial charge in [0, 0.05) is 0 Å². The third-order valence-corrected chi connectivity index (χ3v) is 2.29. The van der Waals surface area contributed by atoms with Gasteiger partial charge in [-0.25, -0.2) is 9.59 Å². The lowest BCUT2D eigenvalue weighted by Crippen LogP contribution is -2.26. The number of esters is 1. The monoisotopic (exact) mass is 252 g/mol. The van der Waals surface area contributed by atoms with E-state index in [0.29, 0.717) is 0 Å². The number of aromatic carboxylic acids is 1. The van der Waals surface area contributed by atoms with Crippen molar-refractivity contribution in [1.82, 2.24) is 0 Å². The Bertz CT molecular complexity index is 453. The Morgan fingerprint density at radius 1 is 1.39 bits per heavy atom. The molecular formula is C13H16O5. The molecule has 1 aromatic rings. The second kappa shape index (κ2) is 6.05. The van der Waals surface area contributed by atoms with Crippen LogP contribution in [0.3, 0.4) is 0 Å². The van der Waals surface area contributed by atoms with Crippen molar-refractivity contribution in [3.8, 4) is 5.75 Å². The van der Waals surface area contributed by atoms with Gasteiger partial charge in [0.2, 0.25) is 0 Å². The minimum Gasteiger partial charge on any atom is -0.478 e. The van der Waals surface area contributed by atoms with Crippen LogP contribution in [0.2, 0.25) is 0 Å². The molecule has 1 aromatic carbocycles. The molecule has 0 radical (unpaired) electrons. The maximum Gasteiger partial charge on any atom is 0.347 e. The molecule has 1 unspecified atom stereocenters. The zero-order valence-corrected chi connectivity index (χ0v) is 10.6. The molecule has 5 heteroatoms. The zero-order chi connectivity index (χ0) is 13.7. The van der Waals surface area contributed by atoms with Gasteiger partial charge in [-0.05, 0) is 32.9 Å². The van der Waals surface area contributed by atoms with Crippen molar-refractivity contribution in [1.29, 1.82) is 0 Å². The number of hydrogen-bond donors (Lipinski definition) is 1. The Morgan fingerprint density at radius 3 is 2.61 bits per heavy atom. The lowest BCUT2D eigenvalue weighted by atomic mass is 10.1. The molecule has 0 aliphatic rings. The van der Waals surface area contributed by atoms with Gasteiger partial charge in [-0.3, -0.25) is 0 Å². The number of aryl methyl sites for hydroxylation is 1. The van der Waals surface area contributed by atoms with Crippen LogP contribution in [-0.2, 0) is 9.53 Å². The number of carbonyl (C=O) groups excluding carboxylic acids is 1. The molecule has 0 spiro atoms. The Balaban J connectivity index is 2.90. The highest BCUT2D eigenvalue weighted by atomic mass is 16.6. The van der Waals surface area contributed by atoms with E-state index in [2.05, 4.69) is 0 Å². The van der Waals surface area contributed by atoms with Gasteiger partial charge in [0.05, 0.1) is 6.61 Å². The molecule has 5 nitrogen and oxygen atoms in total. The summed E-state index contributed by atoms with van der Waals surface area (Å²) in [6.07, 6.45) is -0.842. The molecule has 0 aromatic heterocycles. The van der Waals surface area contributed by atoms with Crippen LogP contribution >= 0.6 is 0 Å². The quantitative estimate of drug-likeness (QED) is 0.811. The van der Waals surface area contributed by atoms with Gasteiger partial charge in [-0.2, -0.15) is 0 Å². The number of carboxylic acid groups (broad SMARTS) is 1. The van der Waals surface area contributed by atoms with Crippen LogP contribution < -0.4 is 4.74 Å². The maximum absolute atomic E-state index is 11.4. The average molecular weight is 252 g/mol. The number of rotatable bonds is 5. The molecule has 0 fully saturated rings. The molecule has 0 heterocycles. The number of carbonyl (C=O) groups is 2. The molecule has 0 amide bonds. The van der Waals surface area contributed by atoms with E-state index in [1.54, 1.807) is 19.9 Å². The highest BCUT2D eigenvalue weighted by molar-refractivity contribution is 5.91. The molecule has 0 aliphatic heterocycles. The van der Waals surface area contributed by atoms with E-state index in [-0.39, 0.29) is 17.9 Å². The summed E-state index contributed by atoms with van der Waals surface area (Å²) in [6, 6.07) is 4.75. The normalized spacial score (nSPS) is 11.7. The largest absolute Gasteiger partial charge is 0.478 e. The van der Waals surface area contributed by atoms with Gasteiger partial charge < -0.3 is 14.6 Å². The Morgan fingerprint density at radius 2 is 2.06 bits per heavy atom. The first-order valence-corrected chi connectivity index (χ1v) is 5.63. The van der Waals surface area contributed by atoms with Gasteiger partial charge in [-0.15, -0.1) is 0 Å². The average Bonchev–Trinajstić information content (AvgIpc) is 2.31. The minimum atomic E-state index is -1.09. The predicted molar refractivity (Wildman–Crippen MR) is 64.9 cm³/mol. The third-order valence-electron chi connectivity index (χ3n) is 2.29. The van der Waals surface area contributed by atoms with Crippen molar-refractivity contribution in [2.45, 2.75) is 26.9 Å². The number of carboxylic acids is 1. The number of hydrogen-bond acceptors (Lipinski definition) is 4. The zero-order valence-electron chi connectivity index (χ0n) is 10.6. The standard InChI is InChI=1S/C13H16O5/c1-4-17-13(16)9(3)18-11-6-5-8(2)7-10(11)12(14)15/h5-7,9H,4H2,1-3H3,(H,14,15). The summed E-state index contributed by atoms with van der Waals surface area (Å²) in [5.74, 6) is -1.45. The fourth-order valence-electron chi connectivity index (χ4n) is 1.41. The molecule has 1 N–H and O–H groups in total. The van der Waals surface area contributed by atoms with Crippen LogP contribution in [0.15, 0.2) is 18.2 Å². The second-order valence-corrected chi connectivity index (χ2v) is 3.82. The third kappa shape index (κ3) is 3.48. The number of benzene rings is 1. The molecule has 1 atom stereocenters. The van der Waals surface area contributed by atoms with Crippen molar-refractivity contribution >= 4 is 11.9 Å². The first-order valence-electron chi connectivity index (χ1n) is 5.63. The summed E-state index contributed by atoms with van der Waals surface area (Å²) < 4.78 is 10.1. The van der Waals surface area contributed by atoms with Crippen molar-refractivity contribution in [2.24, 2.45) is 0 Å². The van der Waals surface area contributed by atoms with E-state index in [9.17, 15) is 9.59 Å². The lowest BCUT2D eigenvalue weighted by molar-refractivity contribution is -0.150. The van der Waals surface area contributed by atoms with Gasteiger partial charge >= 0.3 is 11.9 Å². The predicted octanol–water partition coefficient (Wildman–Crippen LogP) is 2.02. The summed E-state index contributed by atoms with van der Waals surface area (Å²) in [6.45, 7) is 5.25. The van der Waals surface area contributed by atoms with Gasteiger partial charge in [0.1, 0.15) is 11.3 Å². The molecule has 18 heavy (non-hydrogen) atoms. The number of ether oxygens (including phenoxy) is 2. The van der Waals surface area contributed by atoms with Crippen LogP contribution in [0.5, 0.6) is 5.75 Å². The maximum atomic E-state index is 11.4. The Kier molecular flexibility index (Phi) is 4.71. The Labute approximate surface area is 105 Å². The molecule has 98 valence electrons. The first-order chi connectivity index (χ1) is 8.45. The summed E-state index contributed by atoms with van der Waals surface area (Å²) in [5.41, 5.74) is 0.842. The molecule has 1 rings (SSSR count). The van der Waals surface area contributed by atoms with Crippen molar-refractivity contribution in [3.05, 3.63) is 29.3 Å². The fourth-order valence-corrected chi connectivity index (χ4v) is 1.41. The van der Waals surface area contributed by atoms with E-state index in [0.717, 1.165) is 5.56 Å². The topological polar surface area (TPSA) is 72.8 Å². The van der Waals surface area contributed by atoms with E-state index in [1.807, 2.05) is 0 Å². The van der Waals surface area contributed by atoms with Crippen molar-refractivity contribution in [2.75, 3.05) is 6.61 Å². The summed E-state index contributed by atoms with van der Waals surface area (Å²) >= 11 is 0. The minimum absolute atomic E-state index is 0.0335. The smallest absolute Gasteiger partial charge is 0.347 e. The van der Waals surface area contributed by atoms with E-state index in [1.165, 1.54) is 19.1 Å². The van der Waals surface area contributed by atoms with Crippen LogP contribution in [0.1, 0.15) is 29.8 Å². The van der Waals surface area contributed by atoms with Crippen molar-refractivity contribution < 1.29 is 24.2 Å². The van der Waals surface area contributed by atoms with E-state index in [4.69, 9.17) is 14.6 Å². The second-order valence-electron chi connectivity index (χ2n) is 3.82. The van der Waals surface area contributed by atoms with Gasteiger partial charge in [-0.1, -0.05) is 11.6 Å². The molecular weight excluding hydrogens is 236 g/mol. The fraction of sp³-hybridized carbons (Fsp3) is 0.385. The van der Waals surface area contributed by atoms with Crippen molar-refractivity contribution in [3.63, 3.8) is 0 Å². The van der Waals surface area contributed by atoms with E-state index >= 15 is 0 Å². The van der Waals surface area contributed by atoms with Gasteiger partial charge in [0.25, 0.3) is 0 Å². The van der Waals surface area contributed by atoms with Crippen LogP contribution in [0, 0.1) is 6.92 Å². The highest BCUT2D eigenvalue weighted by Crippen LogP contribution is 2.21. The van der Waals surface area contributed by atoms with Crippen LogP contribution in [0.25, 0.3) is 0 Å². The van der Waals surface area contributed by atoms with Gasteiger partial charge in [0.15, 0.2) is 6.10 Å². The summed E-state index contributed by atoms with van der Waals surface area (Å²) in [5, 5.41) is 9.05. The molecule has 0 saturated carbocycles. The summed E-state index contributed by atoms with van der Waals surface area (Å²) in [4.78, 5) is 22.5. The van der Waals surface area contributed by atoms with E-state index < -0.39 is 18.0 Å². The lowest BCUT2D eigenvalue weighted by Gasteiger charge is -2.15. The van der Waals surface area contributed by atoms with Crippen LogP contribution in [-0.4, -0.2) is 29.8 Å². The molecule has 0 saturated heterocycles. The first kappa shape index (κ1) is 14.0. The Hall–Kier alpha value is -2.04. The highest BCUT2D eigenvalue weighted by Gasteiger charge is 2.19. The summed E-state index contributed by atoms with van der Waals surface area (Å²) in [7, 11) is 0. The SMILES string of the molecule is CCOC(=O)C(C)Oc1ccc(C)cc1C(=O)O. The van der Waals surface area contributed by atoms with Crippen LogP contribution in [0.4, 0.5) is 0 Å². The molecule has 0 bridgehead atoms. The molecule has 0 aliphatic carbocycles.